The summed E-state index contributed by atoms with van der Waals surface area (Å²) in [6.45, 7) is 1.65. The number of alkyl halides is 3. The Morgan fingerprint density at radius 1 is 1.19 bits per heavy atom. The van der Waals surface area contributed by atoms with E-state index in [2.05, 4.69) is 20.8 Å². The van der Waals surface area contributed by atoms with Crippen molar-refractivity contribution in [3.63, 3.8) is 0 Å². The minimum atomic E-state index is -4.28. The number of halogens is 3. The van der Waals surface area contributed by atoms with Crippen LogP contribution in [0.4, 0.5) is 13.2 Å². The Morgan fingerprint density at radius 2 is 1.89 bits per heavy atom. The third-order valence-electron chi connectivity index (χ3n) is 5.78. The van der Waals surface area contributed by atoms with Gasteiger partial charge in [0.05, 0.1) is 18.0 Å². The smallest absolute Gasteiger partial charge is 0.352 e. The molecule has 2 atom stereocenters. The highest BCUT2D eigenvalue weighted by Crippen LogP contribution is 2.38. The van der Waals surface area contributed by atoms with Crippen molar-refractivity contribution >= 4 is 5.91 Å². The van der Waals surface area contributed by atoms with E-state index >= 15 is 0 Å². The maximum Gasteiger partial charge on any atom is 0.393 e. The van der Waals surface area contributed by atoms with Crippen LogP contribution in [0.1, 0.15) is 69.5 Å². The number of hydrogen-bond acceptors (Lipinski definition) is 5. The summed E-state index contributed by atoms with van der Waals surface area (Å²) >= 11 is 0. The molecule has 0 saturated heterocycles. The highest BCUT2D eigenvalue weighted by Gasteiger charge is 2.46. The fourth-order valence-electron chi connectivity index (χ4n) is 4.33. The van der Waals surface area contributed by atoms with Gasteiger partial charge in [0.25, 0.3) is 0 Å². The zero-order valence-electron chi connectivity index (χ0n) is 15.6. The molecule has 1 amide bonds. The van der Waals surface area contributed by atoms with E-state index in [1.165, 1.54) is 0 Å². The molecule has 27 heavy (non-hydrogen) atoms. The van der Waals surface area contributed by atoms with Crippen molar-refractivity contribution in [2.75, 3.05) is 6.54 Å². The summed E-state index contributed by atoms with van der Waals surface area (Å²) in [6.07, 6.45) is 2.01. The first-order chi connectivity index (χ1) is 12.8. The number of rotatable bonds is 5. The maximum absolute atomic E-state index is 13.2. The van der Waals surface area contributed by atoms with Crippen molar-refractivity contribution in [2.45, 2.75) is 82.5 Å². The zero-order chi connectivity index (χ0) is 19.5. The van der Waals surface area contributed by atoms with Crippen molar-refractivity contribution < 1.29 is 22.5 Å². The lowest BCUT2D eigenvalue weighted by Gasteiger charge is -2.36. The van der Waals surface area contributed by atoms with Gasteiger partial charge in [0.2, 0.25) is 11.8 Å². The number of hydrogen-bond donors (Lipinski definition) is 2. The van der Waals surface area contributed by atoms with Crippen molar-refractivity contribution in [3.8, 4) is 0 Å². The molecule has 0 bridgehead atoms. The lowest BCUT2D eigenvalue weighted by molar-refractivity contribution is -0.189. The third-order valence-corrected chi connectivity index (χ3v) is 5.78. The van der Waals surface area contributed by atoms with Gasteiger partial charge in [-0.15, -0.1) is 0 Å². The largest absolute Gasteiger partial charge is 0.393 e. The van der Waals surface area contributed by atoms with Crippen molar-refractivity contribution in [1.82, 2.24) is 20.8 Å². The van der Waals surface area contributed by atoms with Gasteiger partial charge >= 0.3 is 6.18 Å². The highest BCUT2D eigenvalue weighted by atomic mass is 19.4. The van der Waals surface area contributed by atoms with E-state index in [0.717, 1.165) is 32.1 Å². The molecule has 1 aromatic rings. The summed E-state index contributed by atoms with van der Waals surface area (Å²) in [6, 6.07) is -0.845. The van der Waals surface area contributed by atoms with E-state index in [-0.39, 0.29) is 13.0 Å². The van der Waals surface area contributed by atoms with Crippen LogP contribution in [0, 0.1) is 12.8 Å². The van der Waals surface area contributed by atoms with E-state index in [4.69, 9.17) is 4.52 Å². The second-order valence-corrected chi connectivity index (χ2v) is 7.74. The first-order valence-corrected chi connectivity index (χ1v) is 9.72. The van der Waals surface area contributed by atoms with Crippen LogP contribution >= 0.6 is 0 Å². The highest BCUT2D eigenvalue weighted by molar-refractivity contribution is 5.78. The average molecular weight is 388 g/mol. The van der Waals surface area contributed by atoms with Gasteiger partial charge in [-0.2, -0.15) is 18.2 Å². The first kappa shape index (κ1) is 20.1. The molecule has 2 saturated carbocycles. The molecule has 0 aliphatic heterocycles. The molecule has 6 nitrogen and oxygen atoms in total. The van der Waals surface area contributed by atoms with E-state index in [1.807, 2.05) is 0 Å². The molecule has 2 unspecified atom stereocenters. The topological polar surface area (TPSA) is 80.0 Å². The summed E-state index contributed by atoms with van der Waals surface area (Å²) in [5, 5.41) is 9.85. The van der Waals surface area contributed by atoms with Gasteiger partial charge < -0.3 is 9.84 Å². The van der Waals surface area contributed by atoms with Gasteiger partial charge in [0.1, 0.15) is 0 Å². The number of aryl methyl sites for hydroxylation is 1. The summed E-state index contributed by atoms with van der Waals surface area (Å²) < 4.78 is 44.7. The molecular formula is C18H27F3N4O2. The predicted molar refractivity (Wildman–Crippen MR) is 91.7 cm³/mol. The quantitative estimate of drug-likeness (QED) is 0.809. The van der Waals surface area contributed by atoms with Gasteiger partial charge in [0.15, 0.2) is 5.82 Å². The molecule has 0 aromatic carbocycles. The van der Waals surface area contributed by atoms with Crippen LogP contribution in [0.3, 0.4) is 0 Å². The average Bonchev–Trinajstić information content (AvgIpc) is 3.07. The van der Waals surface area contributed by atoms with Crippen molar-refractivity contribution in [3.05, 3.63) is 11.7 Å². The molecule has 1 heterocycles. The van der Waals surface area contributed by atoms with Gasteiger partial charge in [-0.05, 0) is 25.7 Å². The van der Waals surface area contributed by atoms with Crippen LogP contribution in [0.5, 0.6) is 0 Å². The van der Waals surface area contributed by atoms with E-state index in [1.54, 1.807) is 6.92 Å². The van der Waals surface area contributed by atoms with Crippen LogP contribution in [0.15, 0.2) is 4.52 Å². The fraction of sp³-hybridized carbons (Fsp3) is 0.833. The molecule has 152 valence electrons. The van der Waals surface area contributed by atoms with Crippen LogP contribution in [-0.4, -0.2) is 34.8 Å². The van der Waals surface area contributed by atoms with E-state index < -0.39 is 29.6 Å². The van der Waals surface area contributed by atoms with Crippen molar-refractivity contribution in [2.24, 2.45) is 5.92 Å². The molecule has 2 aliphatic carbocycles. The van der Waals surface area contributed by atoms with Crippen molar-refractivity contribution in [1.29, 1.82) is 0 Å². The lowest BCUT2D eigenvalue weighted by Crippen LogP contribution is -2.53. The second kappa shape index (κ2) is 8.16. The van der Waals surface area contributed by atoms with E-state index in [0.29, 0.717) is 31.0 Å². The minimum Gasteiger partial charge on any atom is -0.352 e. The molecule has 2 N–H and O–H groups in total. The standard InChI is InChI=1S/C18H27F3N4O2/c1-12-23-16(25-27-12)17(9-5-2-6-10-17)22-11-15(26)24-14-8-4-3-7-13(14)18(19,20)21/h13-14,22H,2-11H2,1H3,(H,24,26). The molecule has 2 aliphatic rings. The Hall–Kier alpha value is -1.64. The lowest BCUT2D eigenvalue weighted by atomic mass is 9.81. The monoisotopic (exact) mass is 388 g/mol. The molecular weight excluding hydrogens is 361 g/mol. The minimum absolute atomic E-state index is 0.0608. The number of nitrogens with zero attached hydrogens (tertiary/aromatic N) is 2. The van der Waals surface area contributed by atoms with Gasteiger partial charge in [-0.25, -0.2) is 0 Å². The Morgan fingerprint density at radius 3 is 2.52 bits per heavy atom. The van der Waals surface area contributed by atoms with Crippen LogP contribution < -0.4 is 10.6 Å². The molecule has 0 spiro atoms. The Bertz CT molecular complexity index is 641. The summed E-state index contributed by atoms with van der Waals surface area (Å²) in [5.41, 5.74) is -0.552. The Labute approximate surface area is 156 Å². The van der Waals surface area contributed by atoms with E-state index in [9.17, 15) is 18.0 Å². The number of carbonyl (C=O) groups is 1. The summed E-state index contributed by atoms with van der Waals surface area (Å²) in [5.74, 6) is -0.894. The van der Waals surface area contributed by atoms with Gasteiger partial charge in [-0.3, -0.25) is 10.1 Å². The van der Waals surface area contributed by atoms with Crippen LogP contribution in [-0.2, 0) is 10.3 Å². The van der Waals surface area contributed by atoms with Gasteiger partial charge in [-0.1, -0.05) is 37.3 Å². The third kappa shape index (κ3) is 4.80. The zero-order valence-corrected chi connectivity index (χ0v) is 15.6. The number of carbonyl (C=O) groups excluding carboxylic acids is 1. The maximum atomic E-state index is 13.2. The number of nitrogens with one attached hydrogen (secondary N) is 2. The second-order valence-electron chi connectivity index (χ2n) is 7.74. The molecule has 2 fully saturated rings. The molecule has 1 aromatic heterocycles. The molecule has 9 heteroatoms. The summed E-state index contributed by atoms with van der Waals surface area (Å²) in [4.78, 5) is 16.7. The van der Waals surface area contributed by atoms with Crippen LogP contribution in [0.2, 0.25) is 0 Å². The number of amides is 1. The number of aromatic nitrogens is 2. The van der Waals surface area contributed by atoms with Crippen LogP contribution in [0.25, 0.3) is 0 Å². The summed E-state index contributed by atoms with van der Waals surface area (Å²) in [7, 11) is 0. The SMILES string of the molecule is Cc1nc(C2(NCC(=O)NC3CCCCC3C(F)(F)F)CCCCC2)no1. The predicted octanol–water partition coefficient (Wildman–Crippen LogP) is 3.36. The normalized spacial score (nSPS) is 25.9. The fourth-order valence-corrected chi connectivity index (χ4v) is 4.33. The Balaban J connectivity index is 1.62. The first-order valence-electron chi connectivity index (χ1n) is 9.72. The van der Waals surface area contributed by atoms with Gasteiger partial charge in [0, 0.05) is 13.0 Å². The molecule has 0 radical (unpaired) electrons. The molecule has 3 rings (SSSR count). The Kier molecular flexibility index (Phi) is 6.08.